The quantitative estimate of drug-likeness (QED) is 0.470. The summed E-state index contributed by atoms with van der Waals surface area (Å²) in [7, 11) is -5.46. The molecule has 0 saturated heterocycles. The van der Waals surface area contributed by atoms with Gasteiger partial charge in [-0.1, -0.05) is 61.5 Å². The molecule has 0 bridgehead atoms. The number of hydrogen-bond donors (Lipinski definition) is 0. The van der Waals surface area contributed by atoms with Crippen LogP contribution in [0, 0.1) is 46.1 Å². The van der Waals surface area contributed by atoms with Crippen LogP contribution < -0.4 is 0 Å². The third-order valence-corrected chi connectivity index (χ3v) is 5.80. The molecule has 0 aliphatic heterocycles. The van der Waals surface area contributed by atoms with E-state index in [2.05, 4.69) is 72.5 Å². The van der Waals surface area contributed by atoms with Crippen molar-refractivity contribution in [1.29, 1.82) is 0 Å². The summed E-state index contributed by atoms with van der Waals surface area (Å²) in [5.74, 6) is 0. The maximum atomic E-state index is 5.57. The van der Waals surface area contributed by atoms with Crippen LogP contribution in [0.5, 0.6) is 0 Å². The van der Waals surface area contributed by atoms with Crippen LogP contribution in [0.3, 0.4) is 0 Å². The van der Waals surface area contributed by atoms with Crippen molar-refractivity contribution in [3.63, 3.8) is 0 Å². The van der Waals surface area contributed by atoms with Gasteiger partial charge in [0.1, 0.15) is 16.1 Å². The van der Waals surface area contributed by atoms with E-state index in [0.29, 0.717) is 0 Å². The summed E-state index contributed by atoms with van der Waals surface area (Å²) in [6, 6.07) is 0. The molecular weight excluding hydrogens is 252 g/mol. The van der Waals surface area contributed by atoms with Gasteiger partial charge in [-0.25, -0.2) is 0 Å². The van der Waals surface area contributed by atoms with E-state index in [1.54, 1.807) is 0 Å². The van der Waals surface area contributed by atoms with Crippen molar-refractivity contribution < 1.29 is 0 Å². The van der Waals surface area contributed by atoms with Crippen molar-refractivity contribution in [2.24, 2.45) is 0 Å². The third-order valence-electron chi connectivity index (χ3n) is 1.68. The average Bonchev–Trinajstić information content (AvgIpc) is 2.16. The van der Waals surface area contributed by atoms with Crippen LogP contribution in [-0.2, 0) is 0 Å². The van der Waals surface area contributed by atoms with Crippen LogP contribution in [0.25, 0.3) is 0 Å². The molecule has 0 N–H and O–H groups in total. The summed E-state index contributed by atoms with van der Waals surface area (Å²) in [6.07, 6.45) is 11.1. The van der Waals surface area contributed by atoms with Crippen molar-refractivity contribution >= 4 is 24.2 Å². The number of hydrogen-bond acceptors (Lipinski definition) is 0. The maximum Gasteiger partial charge on any atom is 0.367 e. The second-order valence-electron chi connectivity index (χ2n) is 6.04. The molecule has 0 nitrogen and oxygen atoms in total. The minimum Gasteiger partial charge on any atom is -0.136 e. The highest BCUT2D eigenvalue weighted by Crippen LogP contribution is 2.03. The topological polar surface area (TPSA) is 0 Å². The van der Waals surface area contributed by atoms with Crippen molar-refractivity contribution in [3.05, 3.63) is 0 Å². The van der Waals surface area contributed by atoms with Crippen LogP contribution in [0.4, 0.5) is 0 Å². The lowest BCUT2D eigenvalue weighted by Gasteiger charge is -2.09. The normalized spacial score (nSPS) is 11.1. The van der Waals surface area contributed by atoms with Crippen LogP contribution in [0.15, 0.2) is 0 Å². The molecule has 0 fully saturated rings. The molecule has 3 heteroatoms. The molecule has 0 spiro atoms. The minimum atomic E-state index is -2.56. The Morgan fingerprint density at radius 3 is 1.06 bits per heavy atom. The fraction of sp³-hybridized carbons (Fsp3) is 0.429. The van der Waals surface area contributed by atoms with Crippen LogP contribution in [0.2, 0.25) is 39.3 Å². The SMILES string of the molecule is C#C[Si](C#C)(C#C[Si](C)(C)C)C#C[Si](C)(C)C. The second-order valence-corrected chi connectivity index (χ2v) is 18.1. The Hall–Kier alpha value is -1.11. The fourth-order valence-corrected chi connectivity index (χ4v) is 5.71. The molecule has 0 saturated carbocycles. The standard InChI is InChI=1S/C14H20Si3/c1-9-17(10-2,13-11-15(3,4)5)14-12-16(6,7)8/h1-2H,3-8H3. The Morgan fingerprint density at radius 2 is 0.882 bits per heavy atom. The smallest absolute Gasteiger partial charge is 0.136 e. The maximum absolute atomic E-state index is 5.57. The van der Waals surface area contributed by atoms with E-state index < -0.39 is 24.2 Å². The number of rotatable bonds is 0. The zero-order valence-electron chi connectivity index (χ0n) is 11.7. The summed E-state index contributed by atoms with van der Waals surface area (Å²) in [5.41, 5.74) is 18.3. The summed E-state index contributed by atoms with van der Waals surface area (Å²) in [4.78, 5) is 0. The highest BCUT2D eigenvalue weighted by atomic mass is 28.3. The van der Waals surface area contributed by atoms with Crippen LogP contribution in [0.1, 0.15) is 0 Å². The molecule has 0 aromatic heterocycles. The van der Waals surface area contributed by atoms with Gasteiger partial charge in [0.25, 0.3) is 0 Å². The first-order valence-corrected chi connectivity index (χ1v) is 14.6. The lowest BCUT2D eigenvalue weighted by Crippen LogP contribution is -2.31. The van der Waals surface area contributed by atoms with Gasteiger partial charge in [-0.2, -0.15) is 0 Å². The lowest BCUT2D eigenvalue weighted by molar-refractivity contribution is 1.81. The molecule has 0 aliphatic carbocycles. The molecule has 0 aromatic rings. The van der Waals surface area contributed by atoms with Gasteiger partial charge in [-0.3, -0.25) is 0 Å². The van der Waals surface area contributed by atoms with Gasteiger partial charge in [0.15, 0.2) is 0 Å². The molecule has 0 heterocycles. The summed E-state index contributed by atoms with van der Waals surface area (Å²) < 4.78 is 0. The highest BCUT2D eigenvalue weighted by molar-refractivity contribution is 7.08. The zero-order chi connectivity index (χ0) is 13.7. The van der Waals surface area contributed by atoms with E-state index >= 15 is 0 Å². The largest absolute Gasteiger partial charge is 0.367 e. The van der Waals surface area contributed by atoms with E-state index in [0.717, 1.165) is 0 Å². The summed E-state index contributed by atoms with van der Waals surface area (Å²) >= 11 is 0. The van der Waals surface area contributed by atoms with Gasteiger partial charge in [-0.15, -0.1) is 23.9 Å². The van der Waals surface area contributed by atoms with Gasteiger partial charge >= 0.3 is 8.07 Å². The van der Waals surface area contributed by atoms with Crippen molar-refractivity contribution in [1.82, 2.24) is 0 Å². The molecule has 17 heavy (non-hydrogen) atoms. The Bertz CT molecular complexity index is 431. The predicted molar refractivity (Wildman–Crippen MR) is 85.7 cm³/mol. The average molecular weight is 273 g/mol. The molecular formula is C14H20Si3. The minimum absolute atomic E-state index is 1.45. The molecule has 0 radical (unpaired) electrons. The van der Waals surface area contributed by atoms with Gasteiger partial charge in [0.05, 0.1) is 0 Å². The first-order chi connectivity index (χ1) is 7.54. The molecule has 0 rings (SSSR count). The Labute approximate surface area is 110 Å². The molecule has 0 aliphatic rings. The Balaban J connectivity index is 5.50. The zero-order valence-corrected chi connectivity index (χ0v) is 14.7. The monoisotopic (exact) mass is 272 g/mol. The van der Waals surface area contributed by atoms with Gasteiger partial charge < -0.3 is 0 Å². The van der Waals surface area contributed by atoms with Crippen LogP contribution in [-0.4, -0.2) is 24.2 Å². The summed E-state index contributed by atoms with van der Waals surface area (Å²) in [5, 5.41) is 0. The Kier molecular flexibility index (Phi) is 5.13. The van der Waals surface area contributed by atoms with E-state index in [9.17, 15) is 0 Å². The first-order valence-electron chi connectivity index (χ1n) is 5.58. The number of terminal acetylenes is 2. The van der Waals surface area contributed by atoms with Crippen molar-refractivity contribution in [2.45, 2.75) is 39.3 Å². The second kappa shape index (κ2) is 5.48. The molecule has 88 valence electrons. The predicted octanol–water partition coefficient (Wildman–Crippen LogP) is 2.62. The van der Waals surface area contributed by atoms with E-state index in [1.165, 1.54) is 0 Å². The summed E-state index contributed by atoms with van der Waals surface area (Å²) in [6.45, 7) is 13.1. The molecule has 0 aromatic carbocycles. The molecule has 0 amide bonds. The first kappa shape index (κ1) is 15.9. The van der Waals surface area contributed by atoms with Gasteiger partial charge in [0.2, 0.25) is 0 Å². The van der Waals surface area contributed by atoms with Crippen molar-refractivity contribution in [2.75, 3.05) is 0 Å². The van der Waals surface area contributed by atoms with E-state index in [4.69, 9.17) is 12.8 Å². The van der Waals surface area contributed by atoms with E-state index in [-0.39, 0.29) is 0 Å². The van der Waals surface area contributed by atoms with Crippen LogP contribution >= 0.6 is 0 Å². The van der Waals surface area contributed by atoms with Gasteiger partial charge in [0, 0.05) is 0 Å². The van der Waals surface area contributed by atoms with E-state index in [1.807, 2.05) is 0 Å². The lowest BCUT2D eigenvalue weighted by atomic mass is 11.3. The highest BCUT2D eigenvalue weighted by Gasteiger charge is 2.26. The molecule has 0 unspecified atom stereocenters. The van der Waals surface area contributed by atoms with Gasteiger partial charge in [-0.05, 0) is 0 Å². The molecule has 0 atom stereocenters. The third kappa shape index (κ3) is 6.93. The Morgan fingerprint density at radius 1 is 0.588 bits per heavy atom. The fourth-order valence-electron chi connectivity index (χ4n) is 0.780. The van der Waals surface area contributed by atoms with Crippen molar-refractivity contribution in [3.8, 4) is 46.1 Å².